The van der Waals surface area contributed by atoms with Crippen LogP contribution >= 0.6 is 0 Å². The number of aromatic nitrogens is 7. The quantitative estimate of drug-likeness (QED) is 0.115. The van der Waals surface area contributed by atoms with Crippen molar-refractivity contribution in [3.63, 3.8) is 0 Å². The van der Waals surface area contributed by atoms with Crippen LogP contribution < -0.4 is 10.6 Å². The fourth-order valence-corrected chi connectivity index (χ4v) is 5.39. The van der Waals surface area contributed by atoms with Crippen molar-refractivity contribution in [3.05, 3.63) is 60.2 Å². The van der Waals surface area contributed by atoms with E-state index in [1.54, 1.807) is 21.8 Å². The molecule has 0 spiro atoms. The summed E-state index contributed by atoms with van der Waals surface area (Å²) in [7, 11) is 0. The van der Waals surface area contributed by atoms with Gasteiger partial charge in [0.25, 0.3) is 11.8 Å². The first kappa shape index (κ1) is 31.8. The average Bonchev–Trinajstić information content (AvgIpc) is 3.81. The predicted molar refractivity (Wildman–Crippen MR) is 171 cm³/mol. The Bertz CT molecular complexity index is 1620. The van der Waals surface area contributed by atoms with E-state index >= 15 is 0 Å². The van der Waals surface area contributed by atoms with E-state index in [0.29, 0.717) is 25.9 Å². The van der Waals surface area contributed by atoms with Gasteiger partial charge in [0.05, 0.1) is 23.8 Å². The molecule has 0 atom stereocenters. The van der Waals surface area contributed by atoms with Gasteiger partial charge in [-0.15, -0.1) is 10.2 Å². The third kappa shape index (κ3) is 7.55. The molecule has 4 N–H and O–H groups in total. The molecule has 13 nitrogen and oxygen atoms in total. The lowest BCUT2D eigenvalue weighted by Gasteiger charge is -2.08. The maximum atomic E-state index is 12.5. The standard InChI is InChI=1S/C32H41N9O4/c1-2-3-4-5-6-7-16-39-29-12-10-23(40-21-27(35-37-40)31(44)33-14-8-17-42)19-25(29)26-20-24(11-13-30(26)39)41-22-28(36-38-41)32(45)34-15-9-18-43/h10-13,19-22,42-43H,2-9,14-18H2,1H3,(H,33,44)(H,34,45). The molecule has 5 rings (SSSR count). The van der Waals surface area contributed by atoms with E-state index in [9.17, 15) is 9.59 Å². The normalized spacial score (nSPS) is 11.4. The monoisotopic (exact) mass is 615 g/mol. The number of aliphatic hydroxyl groups is 2. The Kier molecular flexibility index (Phi) is 10.9. The highest BCUT2D eigenvalue weighted by atomic mass is 16.3. The maximum Gasteiger partial charge on any atom is 0.273 e. The van der Waals surface area contributed by atoms with Crippen LogP contribution in [0.3, 0.4) is 0 Å². The molecular formula is C32H41N9O4. The molecule has 2 amide bonds. The summed E-state index contributed by atoms with van der Waals surface area (Å²) in [5.74, 6) is -0.685. The highest BCUT2D eigenvalue weighted by Crippen LogP contribution is 2.32. The number of fused-ring (bicyclic) bond motifs is 3. The Morgan fingerprint density at radius 2 is 1.18 bits per heavy atom. The number of benzene rings is 2. The summed E-state index contributed by atoms with van der Waals surface area (Å²) in [5.41, 5.74) is 4.09. The first-order chi connectivity index (χ1) is 22.0. The summed E-state index contributed by atoms with van der Waals surface area (Å²) in [6.07, 6.45) is 11.3. The summed E-state index contributed by atoms with van der Waals surface area (Å²) in [6, 6.07) is 12.2. The van der Waals surface area contributed by atoms with E-state index in [-0.39, 0.29) is 36.4 Å². The lowest BCUT2D eigenvalue weighted by Crippen LogP contribution is -2.25. The van der Waals surface area contributed by atoms with Crippen molar-refractivity contribution in [1.29, 1.82) is 0 Å². The molecule has 238 valence electrons. The first-order valence-corrected chi connectivity index (χ1v) is 15.7. The van der Waals surface area contributed by atoms with Gasteiger partial charge in [-0.25, -0.2) is 9.36 Å². The molecule has 13 heteroatoms. The number of unbranched alkanes of at least 4 members (excludes halogenated alkanes) is 5. The van der Waals surface area contributed by atoms with Gasteiger partial charge in [-0.2, -0.15) is 0 Å². The molecule has 0 saturated carbocycles. The van der Waals surface area contributed by atoms with Crippen LogP contribution in [0.1, 0.15) is 79.3 Å². The third-order valence-corrected chi connectivity index (χ3v) is 7.79. The van der Waals surface area contributed by atoms with Crippen LogP contribution in [-0.2, 0) is 6.54 Å². The van der Waals surface area contributed by atoms with Gasteiger partial charge in [0.1, 0.15) is 0 Å². The molecule has 0 radical (unpaired) electrons. The largest absolute Gasteiger partial charge is 0.396 e. The lowest BCUT2D eigenvalue weighted by atomic mass is 10.1. The molecule has 45 heavy (non-hydrogen) atoms. The number of nitrogens with zero attached hydrogens (tertiary/aromatic N) is 7. The first-order valence-electron chi connectivity index (χ1n) is 15.7. The molecule has 5 aromatic rings. The zero-order valence-electron chi connectivity index (χ0n) is 25.7. The van der Waals surface area contributed by atoms with Crippen molar-refractivity contribution in [3.8, 4) is 11.4 Å². The predicted octanol–water partition coefficient (Wildman–Crippen LogP) is 3.54. The molecular weight excluding hydrogens is 574 g/mol. The van der Waals surface area contributed by atoms with E-state index in [2.05, 4.69) is 54.9 Å². The smallest absolute Gasteiger partial charge is 0.273 e. The number of hydrogen-bond acceptors (Lipinski definition) is 8. The van der Waals surface area contributed by atoms with Gasteiger partial charge in [-0.05, 0) is 55.7 Å². The van der Waals surface area contributed by atoms with E-state index in [0.717, 1.165) is 46.1 Å². The molecule has 3 heterocycles. The fraction of sp³-hybridized carbons (Fsp3) is 0.438. The van der Waals surface area contributed by atoms with Crippen LogP contribution in [0.4, 0.5) is 0 Å². The van der Waals surface area contributed by atoms with Gasteiger partial charge >= 0.3 is 0 Å². The zero-order valence-corrected chi connectivity index (χ0v) is 25.7. The Hall–Kier alpha value is -4.62. The van der Waals surface area contributed by atoms with Crippen LogP contribution in [0.2, 0.25) is 0 Å². The number of amides is 2. The summed E-state index contributed by atoms with van der Waals surface area (Å²) < 4.78 is 5.52. The molecule has 0 aliphatic rings. The molecule has 0 fully saturated rings. The Labute approximate surface area is 261 Å². The Morgan fingerprint density at radius 1 is 0.689 bits per heavy atom. The molecule has 3 aromatic heterocycles. The second-order valence-electron chi connectivity index (χ2n) is 11.1. The van der Waals surface area contributed by atoms with Crippen molar-refractivity contribution in [1.82, 2.24) is 45.2 Å². The van der Waals surface area contributed by atoms with Crippen molar-refractivity contribution in [2.45, 2.75) is 64.8 Å². The second-order valence-corrected chi connectivity index (χ2v) is 11.1. The number of nitrogens with one attached hydrogen (secondary N) is 2. The molecule has 0 aliphatic heterocycles. The fourth-order valence-electron chi connectivity index (χ4n) is 5.39. The van der Waals surface area contributed by atoms with Crippen molar-refractivity contribution in [2.24, 2.45) is 0 Å². The van der Waals surface area contributed by atoms with E-state index < -0.39 is 0 Å². The molecule has 0 unspecified atom stereocenters. The summed E-state index contributed by atoms with van der Waals surface area (Å²) in [4.78, 5) is 24.9. The Balaban J connectivity index is 1.47. The van der Waals surface area contributed by atoms with Gasteiger partial charge in [-0.3, -0.25) is 9.59 Å². The van der Waals surface area contributed by atoms with Gasteiger partial charge in [0.2, 0.25) is 0 Å². The minimum atomic E-state index is -0.342. The topological polar surface area (TPSA) is 165 Å². The SMILES string of the molecule is CCCCCCCCn1c2ccc(-n3cc(C(=O)NCCCO)nn3)cc2c2cc(-n3cc(C(=O)NCCCO)nn3)ccc21. The van der Waals surface area contributed by atoms with E-state index in [4.69, 9.17) is 10.2 Å². The number of rotatable bonds is 17. The minimum absolute atomic E-state index is 0.0000115. The summed E-state index contributed by atoms with van der Waals surface area (Å²) in [5, 5.41) is 42.0. The van der Waals surface area contributed by atoms with Gasteiger partial charge in [0.15, 0.2) is 11.4 Å². The highest BCUT2D eigenvalue weighted by molar-refractivity contribution is 6.09. The van der Waals surface area contributed by atoms with E-state index in [1.807, 2.05) is 24.3 Å². The molecule has 0 aliphatic carbocycles. The maximum absolute atomic E-state index is 12.5. The summed E-state index contributed by atoms with van der Waals surface area (Å²) >= 11 is 0. The highest BCUT2D eigenvalue weighted by Gasteiger charge is 2.17. The Morgan fingerprint density at radius 3 is 1.67 bits per heavy atom. The number of carbonyl (C=O) groups excluding carboxylic acids is 2. The molecule has 0 bridgehead atoms. The summed E-state index contributed by atoms with van der Waals surface area (Å²) in [6.45, 7) is 3.82. The van der Waals surface area contributed by atoms with Crippen LogP contribution in [-0.4, -0.2) is 82.9 Å². The lowest BCUT2D eigenvalue weighted by molar-refractivity contribution is 0.0937. The zero-order chi connectivity index (χ0) is 31.6. The van der Waals surface area contributed by atoms with Crippen molar-refractivity contribution in [2.75, 3.05) is 26.3 Å². The third-order valence-electron chi connectivity index (χ3n) is 7.79. The van der Waals surface area contributed by atoms with Gasteiger partial charge in [-0.1, -0.05) is 49.5 Å². The number of aryl methyl sites for hydroxylation is 1. The minimum Gasteiger partial charge on any atom is -0.396 e. The van der Waals surface area contributed by atoms with Crippen LogP contribution in [0.5, 0.6) is 0 Å². The van der Waals surface area contributed by atoms with Crippen molar-refractivity contribution < 1.29 is 19.8 Å². The van der Waals surface area contributed by atoms with Gasteiger partial charge < -0.3 is 25.4 Å². The van der Waals surface area contributed by atoms with Gasteiger partial charge in [0, 0.05) is 54.7 Å². The van der Waals surface area contributed by atoms with Crippen LogP contribution in [0.25, 0.3) is 33.2 Å². The van der Waals surface area contributed by atoms with Crippen LogP contribution in [0.15, 0.2) is 48.8 Å². The number of aliphatic hydroxyl groups excluding tert-OH is 2. The van der Waals surface area contributed by atoms with E-state index in [1.165, 1.54) is 32.1 Å². The number of hydrogen-bond donors (Lipinski definition) is 4. The average molecular weight is 616 g/mol. The van der Waals surface area contributed by atoms with Crippen molar-refractivity contribution >= 4 is 33.6 Å². The second kappa shape index (κ2) is 15.4. The number of carbonyl (C=O) groups is 2. The molecule has 0 saturated heterocycles. The molecule has 2 aromatic carbocycles. The van der Waals surface area contributed by atoms with Crippen LogP contribution in [0, 0.1) is 0 Å².